The Labute approximate surface area is 124 Å². The molecule has 0 aliphatic carbocycles. The van der Waals surface area contributed by atoms with Crippen LogP contribution in [0.4, 0.5) is 0 Å². The van der Waals surface area contributed by atoms with Gasteiger partial charge in [0.25, 0.3) is 10.0 Å². The molecule has 0 aliphatic rings. The highest BCUT2D eigenvalue weighted by molar-refractivity contribution is 7.90. The van der Waals surface area contributed by atoms with E-state index in [1.165, 1.54) is 3.97 Å². The standard InChI is InChI=1S/C17H15NO2S/c1-2-8-14-13-18(17-12-7-6-11-16(14)17)21(19,20)15-9-4-3-5-10-15/h2-7,9-13H,1,8H2. The Hall–Kier alpha value is -2.33. The first-order chi connectivity index (χ1) is 10.1. The molecule has 0 saturated heterocycles. The van der Waals surface area contributed by atoms with Gasteiger partial charge in [0.2, 0.25) is 0 Å². The molecule has 1 heterocycles. The van der Waals surface area contributed by atoms with Gasteiger partial charge in [-0.15, -0.1) is 6.58 Å². The zero-order valence-corrected chi connectivity index (χ0v) is 12.3. The van der Waals surface area contributed by atoms with Crippen molar-refractivity contribution in [3.63, 3.8) is 0 Å². The SMILES string of the molecule is C=CCc1cn(S(=O)(=O)c2ccccc2)c2ccccc12. The minimum atomic E-state index is -3.58. The van der Waals surface area contributed by atoms with E-state index in [-0.39, 0.29) is 4.90 Å². The predicted octanol–water partition coefficient (Wildman–Crippen LogP) is 3.61. The van der Waals surface area contributed by atoms with Gasteiger partial charge in [-0.3, -0.25) is 0 Å². The molecule has 21 heavy (non-hydrogen) atoms. The van der Waals surface area contributed by atoms with Crippen LogP contribution in [0.1, 0.15) is 5.56 Å². The summed E-state index contributed by atoms with van der Waals surface area (Å²) in [6, 6.07) is 16.0. The molecule has 2 aromatic carbocycles. The van der Waals surface area contributed by atoms with Crippen molar-refractivity contribution >= 4 is 20.9 Å². The van der Waals surface area contributed by atoms with Crippen LogP contribution in [-0.4, -0.2) is 12.4 Å². The van der Waals surface area contributed by atoms with Crippen molar-refractivity contribution in [2.75, 3.05) is 0 Å². The smallest absolute Gasteiger partial charge is 0.241 e. The van der Waals surface area contributed by atoms with Crippen molar-refractivity contribution in [3.8, 4) is 0 Å². The molecule has 3 nitrogen and oxygen atoms in total. The van der Waals surface area contributed by atoms with Gasteiger partial charge in [-0.25, -0.2) is 12.4 Å². The van der Waals surface area contributed by atoms with E-state index in [0.29, 0.717) is 11.9 Å². The van der Waals surface area contributed by atoms with Gasteiger partial charge in [-0.2, -0.15) is 0 Å². The highest BCUT2D eigenvalue weighted by Crippen LogP contribution is 2.26. The average Bonchev–Trinajstić information content (AvgIpc) is 2.88. The van der Waals surface area contributed by atoms with Gasteiger partial charge in [0.05, 0.1) is 10.4 Å². The Balaban J connectivity index is 2.28. The third-order valence-electron chi connectivity index (χ3n) is 3.42. The average molecular weight is 297 g/mol. The fourth-order valence-corrected chi connectivity index (χ4v) is 3.85. The second-order valence-corrected chi connectivity index (χ2v) is 6.59. The van der Waals surface area contributed by atoms with E-state index >= 15 is 0 Å². The Bertz CT molecular complexity index is 893. The van der Waals surface area contributed by atoms with Crippen LogP contribution in [0, 0.1) is 0 Å². The maximum atomic E-state index is 12.8. The van der Waals surface area contributed by atoms with Crippen LogP contribution >= 0.6 is 0 Å². The van der Waals surface area contributed by atoms with Crippen LogP contribution < -0.4 is 0 Å². The summed E-state index contributed by atoms with van der Waals surface area (Å²) >= 11 is 0. The molecule has 0 atom stereocenters. The number of allylic oxidation sites excluding steroid dienone is 1. The number of benzene rings is 2. The van der Waals surface area contributed by atoms with Crippen LogP contribution in [0.3, 0.4) is 0 Å². The van der Waals surface area contributed by atoms with Crippen molar-refractivity contribution in [2.24, 2.45) is 0 Å². The third kappa shape index (κ3) is 2.28. The number of nitrogens with zero attached hydrogens (tertiary/aromatic N) is 1. The van der Waals surface area contributed by atoms with Gasteiger partial charge < -0.3 is 0 Å². The highest BCUT2D eigenvalue weighted by Gasteiger charge is 2.20. The van der Waals surface area contributed by atoms with Gasteiger partial charge in [0.1, 0.15) is 0 Å². The molecule has 3 aromatic rings. The quantitative estimate of drug-likeness (QED) is 0.690. The summed E-state index contributed by atoms with van der Waals surface area (Å²) in [5, 5.41) is 0.942. The lowest BCUT2D eigenvalue weighted by atomic mass is 10.1. The van der Waals surface area contributed by atoms with E-state index in [1.54, 1.807) is 42.6 Å². The lowest BCUT2D eigenvalue weighted by Gasteiger charge is -2.07. The molecule has 0 saturated carbocycles. The molecule has 0 N–H and O–H groups in total. The Morgan fingerprint density at radius 3 is 2.38 bits per heavy atom. The first-order valence-corrected chi connectivity index (χ1v) is 8.09. The van der Waals surface area contributed by atoms with Crippen molar-refractivity contribution in [2.45, 2.75) is 11.3 Å². The molecule has 0 radical (unpaired) electrons. The van der Waals surface area contributed by atoms with Crippen molar-refractivity contribution in [3.05, 3.63) is 79.0 Å². The summed E-state index contributed by atoms with van der Waals surface area (Å²) in [5.74, 6) is 0. The molecule has 0 spiro atoms. The molecule has 0 bridgehead atoms. The molecule has 0 fully saturated rings. The Kier molecular flexibility index (Phi) is 3.39. The maximum Gasteiger partial charge on any atom is 0.268 e. The zero-order valence-electron chi connectivity index (χ0n) is 11.4. The molecule has 0 unspecified atom stereocenters. The molecule has 0 aliphatic heterocycles. The summed E-state index contributed by atoms with van der Waals surface area (Å²) in [6.07, 6.45) is 4.10. The zero-order chi connectivity index (χ0) is 14.9. The number of hydrogen-bond acceptors (Lipinski definition) is 2. The Morgan fingerprint density at radius 2 is 1.67 bits per heavy atom. The van der Waals surface area contributed by atoms with E-state index in [4.69, 9.17) is 0 Å². The van der Waals surface area contributed by atoms with Gasteiger partial charge >= 0.3 is 0 Å². The molecular formula is C17H15NO2S. The number of aromatic nitrogens is 1. The van der Waals surface area contributed by atoms with Gasteiger partial charge in [0, 0.05) is 11.6 Å². The van der Waals surface area contributed by atoms with Crippen molar-refractivity contribution in [1.82, 2.24) is 3.97 Å². The number of fused-ring (bicyclic) bond motifs is 1. The number of hydrogen-bond donors (Lipinski definition) is 0. The molecule has 106 valence electrons. The highest BCUT2D eigenvalue weighted by atomic mass is 32.2. The maximum absolute atomic E-state index is 12.8. The number of para-hydroxylation sites is 1. The second kappa shape index (κ2) is 5.22. The third-order valence-corrected chi connectivity index (χ3v) is 5.11. The molecule has 3 rings (SSSR count). The second-order valence-electron chi connectivity index (χ2n) is 4.78. The predicted molar refractivity (Wildman–Crippen MR) is 84.9 cm³/mol. The first kappa shape index (κ1) is 13.6. The van der Waals surface area contributed by atoms with Crippen LogP contribution in [0.5, 0.6) is 0 Å². The van der Waals surface area contributed by atoms with Crippen molar-refractivity contribution < 1.29 is 8.42 Å². The summed E-state index contributed by atoms with van der Waals surface area (Å²) in [5.41, 5.74) is 1.65. The number of rotatable bonds is 4. The fourth-order valence-electron chi connectivity index (χ4n) is 2.44. The van der Waals surface area contributed by atoms with Crippen LogP contribution in [-0.2, 0) is 16.4 Å². The lowest BCUT2D eigenvalue weighted by molar-refractivity contribution is 0.589. The Morgan fingerprint density at radius 1 is 1.00 bits per heavy atom. The fraction of sp³-hybridized carbons (Fsp3) is 0.0588. The normalized spacial score (nSPS) is 11.6. The van der Waals surface area contributed by atoms with E-state index in [9.17, 15) is 8.42 Å². The van der Waals surface area contributed by atoms with Crippen LogP contribution in [0.15, 0.2) is 78.3 Å². The minimum absolute atomic E-state index is 0.288. The summed E-state index contributed by atoms with van der Waals surface area (Å²) in [6.45, 7) is 3.73. The summed E-state index contributed by atoms with van der Waals surface area (Å²) < 4.78 is 27.0. The van der Waals surface area contributed by atoms with Crippen LogP contribution in [0.2, 0.25) is 0 Å². The van der Waals surface area contributed by atoms with Gasteiger partial charge in [0.15, 0.2) is 0 Å². The summed E-state index contributed by atoms with van der Waals surface area (Å²) in [7, 11) is -3.58. The van der Waals surface area contributed by atoms with E-state index in [1.807, 2.05) is 24.3 Å². The van der Waals surface area contributed by atoms with Crippen LogP contribution in [0.25, 0.3) is 10.9 Å². The molecule has 0 amide bonds. The van der Waals surface area contributed by atoms with E-state index < -0.39 is 10.0 Å². The molecule has 4 heteroatoms. The monoisotopic (exact) mass is 297 g/mol. The van der Waals surface area contributed by atoms with Gasteiger partial charge in [-0.05, 0) is 30.2 Å². The van der Waals surface area contributed by atoms with E-state index in [2.05, 4.69) is 6.58 Å². The van der Waals surface area contributed by atoms with Crippen molar-refractivity contribution in [1.29, 1.82) is 0 Å². The molecule has 1 aromatic heterocycles. The largest absolute Gasteiger partial charge is 0.268 e. The summed E-state index contributed by atoms with van der Waals surface area (Å²) in [4.78, 5) is 0.288. The molecular weight excluding hydrogens is 282 g/mol. The van der Waals surface area contributed by atoms with E-state index in [0.717, 1.165) is 10.9 Å². The minimum Gasteiger partial charge on any atom is -0.241 e. The first-order valence-electron chi connectivity index (χ1n) is 6.65. The lowest BCUT2D eigenvalue weighted by Crippen LogP contribution is -2.11. The van der Waals surface area contributed by atoms with Gasteiger partial charge in [-0.1, -0.05) is 42.5 Å². The topological polar surface area (TPSA) is 39.1 Å².